The minimum atomic E-state index is -1.31. The molecule has 0 saturated carbocycles. The maximum atomic E-state index is 11.9. The molecule has 2 amide bonds. The van der Waals surface area contributed by atoms with Gasteiger partial charge in [-0.3, -0.25) is 0 Å². The van der Waals surface area contributed by atoms with E-state index >= 15 is 0 Å². The van der Waals surface area contributed by atoms with Crippen molar-refractivity contribution in [2.75, 3.05) is 5.32 Å². The van der Waals surface area contributed by atoms with Gasteiger partial charge in [-0.25, -0.2) is 9.59 Å². The average Bonchev–Trinajstić information content (AvgIpc) is 2.46. The first-order valence-corrected chi connectivity index (χ1v) is 6.78. The largest absolute Gasteiger partial charge is 0.480 e. The highest BCUT2D eigenvalue weighted by atomic mass is 35.5. The van der Waals surface area contributed by atoms with Crippen LogP contribution in [-0.2, 0) is 4.79 Å². The summed E-state index contributed by atoms with van der Waals surface area (Å²) < 4.78 is 0. The predicted octanol–water partition coefficient (Wildman–Crippen LogP) is 2.98. The molecule has 0 spiro atoms. The van der Waals surface area contributed by atoms with Crippen LogP contribution < -0.4 is 10.6 Å². The monoisotopic (exact) mass is 309 g/mol. The number of hydrogen-bond donors (Lipinski definition) is 3. The standard InChI is InChI=1S/C14H16ClN3O3/c1-3-14(4-2,12(19)20)18-13(21)17-10-5-6-11(15)9(7-10)8-16/h5-7H,3-4H2,1-2H3,(H,19,20)(H2,17,18,21). The van der Waals surface area contributed by atoms with Gasteiger partial charge in [0, 0.05) is 5.69 Å². The Balaban J connectivity index is 2.87. The number of halogens is 1. The summed E-state index contributed by atoms with van der Waals surface area (Å²) in [6.07, 6.45) is 0.520. The Kier molecular flexibility index (Phi) is 5.56. The Morgan fingerprint density at radius 3 is 2.48 bits per heavy atom. The van der Waals surface area contributed by atoms with Gasteiger partial charge in [0.05, 0.1) is 10.6 Å². The summed E-state index contributed by atoms with van der Waals surface area (Å²) in [4.78, 5) is 23.2. The second-order valence-electron chi connectivity index (χ2n) is 4.48. The Labute approximate surface area is 127 Å². The molecule has 0 radical (unpaired) electrons. The molecular formula is C14H16ClN3O3. The molecule has 7 heteroatoms. The van der Waals surface area contributed by atoms with Crippen LogP contribution in [-0.4, -0.2) is 22.6 Å². The number of anilines is 1. The van der Waals surface area contributed by atoms with E-state index in [0.717, 1.165) is 0 Å². The third-order valence-corrected chi connectivity index (χ3v) is 3.64. The first kappa shape index (κ1) is 16.8. The van der Waals surface area contributed by atoms with Crippen molar-refractivity contribution >= 4 is 29.3 Å². The van der Waals surface area contributed by atoms with E-state index in [4.69, 9.17) is 16.9 Å². The second kappa shape index (κ2) is 6.95. The number of aliphatic carboxylic acids is 1. The molecule has 1 aromatic carbocycles. The number of urea groups is 1. The molecule has 0 unspecified atom stereocenters. The van der Waals surface area contributed by atoms with Gasteiger partial charge in [-0.05, 0) is 31.0 Å². The lowest BCUT2D eigenvalue weighted by molar-refractivity contribution is -0.144. The van der Waals surface area contributed by atoms with Crippen LogP contribution in [0, 0.1) is 11.3 Å². The van der Waals surface area contributed by atoms with Crippen LogP contribution in [0.1, 0.15) is 32.3 Å². The van der Waals surface area contributed by atoms with Crippen LogP contribution in [0.25, 0.3) is 0 Å². The fraction of sp³-hybridized carbons (Fsp3) is 0.357. The van der Waals surface area contributed by atoms with Gasteiger partial charge in [-0.2, -0.15) is 5.26 Å². The topological polar surface area (TPSA) is 102 Å². The van der Waals surface area contributed by atoms with E-state index in [2.05, 4.69) is 10.6 Å². The Morgan fingerprint density at radius 2 is 2.00 bits per heavy atom. The molecule has 1 rings (SSSR count). The Bertz CT molecular complexity index is 592. The lowest BCUT2D eigenvalue weighted by Crippen LogP contribution is -2.54. The first-order valence-electron chi connectivity index (χ1n) is 6.40. The molecule has 6 nitrogen and oxygen atoms in total. The highest BCUT2D eigenvalue weighted by Crippen LogP contribution is 2.20. The van der Waals surface area contributed by atoms with E-state index in [9.17, 15) is 14.7 Å². The SMILES string of the molecule is CCC(CC)(NC(=O)Nc1ccc(Cl)c(C#N)c1)C(=O)O. The van der Waals surface area contributed by atoms with E-state index in [0.29, 0.717) is 5.69 Å². The van der Waals surface area contributed by atoms with E-state index in [1.54, 1.807) is 13.8 Å². The third-order valence-electron chi connectivity index (χ3n) is 3.31. The van der Waals surface area contributed by atoms with Crippen molar-refractivity contribution in [1.29, 1.82) is 5.26 Å². The molecule has 0 fully saturated rings. The number of carboxylic acids is 1. The number of hydrogen-bond acceptors (Lipinski definition) is 3. The molecule has 112 valence electrons. The minimum Gasteiger partial charge on any atom is -0.480 e. The van der Waals surface area contributed by atoms with Crippen molar-refractivity contribution < 1.29 is 14.7 Å². The Morgan fingerprint density at radius 1 is 1.38 bits per heavy atom. The van der Waals surface area contributed by atoms with Gasteiger partial charge in [-0.1, -0.05) is 25.4 Å². The summed E-state index contributed by atoms with van der Waals surface area (Å²) in [7, 11) is 0. The number of rotatable bonds is 5. The number of carbonyl (C=O) groups is 2. The lowest BCUT2D eigenvalue weighted by atomic mass is 9.93. The fourth-order valence-corrected chi connectivity index (χ4v) is 2.01. The number of benzene rings is 1. The minimum absolute atomic E-state index is 0.227. The van der Waals surface area contributed by atoms with Crippen LogP contribution in [0.2, 0.25) is 5.02 Å². The molecule has 3 N–H and O–H groups in total. The molecule has 0 aromatic heterocycles. The third kappa shape index (κ3) is 3.86. The van der Waals surface area contributed by atoms with Gasteiger partial charge in [0.15, 0.2) is 0 Å². The van der Waals surface area contributed by atoms with Crippen molar-refractivity contribution in [2.24, 2.45) is 0 Å². The maximum absolute atomic E-state index is 11.9. The van der Waals surface area contributed by atoms with Gasteiger partial charge in [0.25, 0.3) is 0 Å². The zero-order chi connectivity index (χ0) is 16.0. The number of nitriles is 1. The summed E-state index contributed by atoms with van der Waals surface area (Å²) in [6.45, 7) is 3.38. The molecule has 1 aromatic rings. The van der Waals surface area contributed by atoms with Gasteiger partial charge >= 0.3 is 12.0 Å². The fourth-order valence-electron chi connectivity index (χ4n) is 1.85. The molecule has 0 saturated heterocycles. The Hall–Kier alpha value is -2.26. The summed E-state index contributed by atoms with van der Waals surface area (Å²) in [5.41, 5.74) is -0.723. The molecule has 0 aliphatic carbocycles. The number of carbonyl (C=O) groups excluding carboxylic acids is 1. The van der Waals surface area contributed by atoms with Gasteiger partial charge < -0.3 is 15.7 Å². The molecule has 0 aliphatic heterocycles. The first-order chi connectivity index (χ1) is 9.88. The highest BCUT2D eigenvalue weighted by Gasteiger charge is 2.36. The second-order valence-corrected chi connectivity index (χ2v) is 4.89. The normalized spacial score (nSPS) is 10.6. The van der Waals surface area contributed by atoms with E-state index in [1.807, 2.05) is 6.07 Å². The summed E-state index contributed by atoms with van der Waals surface area (Å²) in [5, 5.41) is 23.4. The van der Waals surface area contributed by atoms with Gasteiger partial charge in [0.1, 0.15) is 11.6 Å². The molecule has 21 heavy (non-hydrogen) atoms. The van der Waals surface area contributed by atoms with Crippen LogP contribution in [0.4, 0.5) is 10.5 Å². The van der Waals surface area contributed by atoms with Crippen molar-refractivity contribution in [1.82, 2.24) is 5.32 Å². The molecular weight excluding hydrogens is 294 g/mol. The molecule has 0 atom stereocenters. The summed E-state index contributed by atoms with van der Waals surface area (Å²) in [6, 6.07) is 5.69. The molecule has 0 aliphatic rings. The van der Waals surface area contributed by atoms with E-state index in [-0.39, 0.29) is 23.4 Å². The zero-order valence-corrected chi connectivity index (χ0v) is 12.5. The number of nitrogens with one attached hydrogen (secondary N) is 2. The van der Waals surface area contributed by atoms with Crippen molar-refractivity contribution in [3.63, 3.8) is 0 Å². The van der Waals surface area contributed by atoms with Gasteiger partial charge in [0.2, 0.25) is 0 Å². The lowest BCUT2D eigenvalue weighted by Gasteiger charge is -2.28. The molecule has 0 heterocycles. The number of carboxylic acid groups (broad SMARTS) is 1. The van der Waals surface area contributed by atoms with E-state index < -0.39 is 17.5 Å². The van der Waals surface area contributed by atoms with Crippen molar-refractivity contribution in [3.8, 4) is 6.07 Å². The van der Waals surface area contributed by atoms with Gasteiger partial charge in [-0.15, -0.1) is 0 Å². The smallest absolute Gasteiger partial charge is 0.329 e. The van der Waals surface area contributed by atoms with Crippen molar-refractivity contribution in [2.45, 2.75) is 32.2 Å². The number of nitrogens with zero attached hydrogens (tertiary/aromatic N) is 1. The quantitative estimate of drug-likeness (QED) is 0.778. The van der Waals surface area contributed by atoms with Crippen LogP contribution in [0.15, 0.2) is 18.2 Å². The highest BCUT2D eigenvalue weighted by molar-refractivity contribution is 6.31. The summed E-state index contributed by atoms with van der Waals surface area (Å²) in [5.74, 6) is -1.09. The average molecular weight is 310 g/mol. The summed E-state index contributed by atoms with van der Waals surface area (Å²) >= 11 is 5.80. The van der Waals surface area contributed by atoms with E-state index in [1.165, 1.54) is 18.2 Å². The zero-order valence-electron chi connectivity index (χ0n) is 11.7. The van der Waals surface area contributed by atoms with Crippen LogP contribution in [0.3, 0.4) is 0 Å². The van der Waals surface area contributed by atoms with Crippen LogP contribution in [0.5, 0.6) is 0 Å². The number of amides is 2. The van der Waals surface area contributed by atoms with Crippen LogP contribution >= 0.6 is 11.6 Å². The van der Waals surface area contributed by atoms with Crippen molar-refractivity contribution in [3.05, 3.63) is 28.8 Å². The predicted molar refractivity (Wildman–Crippen MR) is 79.3 cm³/mol. The molecule has 0 bridgehead atoms. The maximum Gasteiger partial charge on any atom is 0.329 e.